The van der Waals surface area contributed by atoms with Crippen LogP contribution in [0, 0.1) is 5.82 Å². The third-order valence-electron chi connectivity index (χ3n) is 6.48. The summed E-state index contributed by atoms with van der Waals surface area (Å²) in [6, 6.07) is 13.5. The first-order chi connectivity index (χ1) is 19.3. The molecule has 0 aliphatic carbocycles. The number of rotatable bonds is 6. The Kier molecular flexibility index (Phi) is 8.41. The molecule has 0 bridgehead atoms. The van der Waals surface area contributed by atoms with Crippen LogP contribution in [0.4, 0.5) is 30.7 Å². The van der Waals surface area contributed by atoms with Crippen LogP contribution < -0.4 is 5.32 Å². The molecular weight excluding hydrogens is 555 g/mol. The zero-order chi connectivity index (χ0) is 29.9. The minimum atomic E-state index is -4.59. The lowest BCUT2D eigenvalue weighted by Gasteiger charge is -2.38. The third kappa shape index (κ3) is 6.87. The van der Waals surface area contributed by atoms with Gasteiger partial charge in [-0.3, -0.25) is 0 Å². The van der Waals surface area contributed by atoms with E-state index >= 15 is 0 Å². The number of carbonyl (C=O) groups excluding carboxylic acids is 1. The molecule has 1 atom stereocenters. The molecule has 4 rings (SSSR count). The Bertz CT molecular complexity index is 1480. The molecule has 5 nitrogen and oxygen atoms in total. The summed E-state index contributed by atoms with van der Waals surface area (Å²) < 4.78 is 98.5. The number of hydrogen-bond donors (Lipinski definition) is 1. The van der Waals surface area contributed by atoms with Gasteiger partial charge < -0.3 is 15.0 Å². The number of benzene rings is 3. The van der Waals surface area contributed by atoms with Gasteiger partial charge >= 0.3 is 18.3 Å². The third-order valence-corrected chi connectivity index (χ3v) is 6.48. The Labute approximate surface area is 231 Å². The first kappa shape index (κ1) is 29.6. The first-order valence-corrected chi connectivity index (χ1v) is 12.2. The van der Waals surface area contributed by atoms with Crippen molar-refractivity contribution in [2.75, 3.05) is 7.11 Å². The van der Waals surface area contributed by atoms with E-state index < -0.39 is 41.3 Å². The van der Waals surface area contributed by atoms with E-state index in [9.17, 15) is 35.5 Å². The summed E-state index contributed by atoms with van der Waals surface area (Å²) in [5.41, 5.74) is -0.433. The highest BCUT2D eigenvalue weighted by molar-refractivity contribution is 5.96. The standard InChI is InChI=1S/C29H24F7N3O2/c1-17-24(26(40)41-2)25(20-9-11-23(30)12-10-20)38-27(37-15-18-5-3-7-21(13-18)28(31,32)33)39(17)16-19-6-4-8-22(14-19)29(34,35)36/h3-14,25H,15-16H2,1-2H3,(H,37,38). The van der Waals surface area contributed by atoms with E-state index in [0.717, 1.165) is 24.3 Å². The number of halogens is 7. The van der Waals surface area contributed by atoms with Crippen molar-refractivity contribution in [2.24, 2.45) is 4.99 Å². The number of guanidine groups is 1. The van der Waals surface area contributed by atoms with E-state index in [0.29, 0.717) is 5.56 Å². The molecule has 1 aliphatic rings. The lowest BCUT2D eigenvalue weighted by Crippen LogP contribution is -2.48. The van der Waals surface area contributed by atoms with Crippen LogP contribution >= 0.6 is 0 Å². The number of methoxy groups -OCH3 is 1. The number of allylic oxidation sites excluding steroid dienone is 1. The molecule has 1 heterocycles. The number of alkyl halides is 6. The van der Waals surface area contributed by atoms with Crippen LogP contribution in [0.2, 0.25) is 0 Å². The molecule has 0 saturated carbocycles. The summed E-state index contributed by atoms with van der Waals surface area (Å²) in [4.78, 5) is 18.8. The molecule has 216 valence electrons. The van der Waals surface area contributed by atoms with Crippen LogP contribution in [0.15, 0.2) is 89.1 Å². The predicted molar refractivity (Wildman–Crippen MR) is 137 cm³/mol. The van der Waals surface area contributed by atoms with Crippen molar-refractivity contribution in [1.82, 2.24) is 10.2 Å². The van der Waals surface area contributed by atoms with Crippen molar-refractivity contribution >= 4 is 11.9 Å². The number of aliphatic imine (C=N–C) groups is 1. The Morgan fingerprint density at radius 3 is 2.02 bits per heavy atom. The Balaban J connectivity index is 1.81. The highest BCUT2D eigenvalue weighted by Crippen LogP contribution is 2.34. The number of esters is 1. The van der Waals surface area contributed by atoms with Gasteiger partial charge in [0.25, 0.3) is 0 Å². The van der Waals surface area contributed by atoms with Gasteiger partial charge in [0.2, 0.25) is 0 Å². The molecule has 3 aromatic carbocycles. The molecule has 1 N–H and O–H groups in total. The fraction of sp³-hybridized carbons (Fsp3) is 0.241. The van der Waals surface area contributed by atoms with Crippen LogP contribution in [0.5, 0.6) is 0 Å². The highest BCUT2D eigenvalue weighted by Gasteiger charge is 2.36. The minimum Gasteiger partial charge on any atom is -0.466 e. The highest BCUT2D eigenvalue weighted by atomic mass is 19.4. The molecule has 0 spiro atoms. The van der Waals surface area contributed by atoms with Gasteiger partial charge in [0.05, 0.1) is 42.9 Å². The van der Waals surface area contributed by atoms with E-state index in [-0.39, 0.29) is 41.4 Å². The average Bonchev–Trinajstić information content (AvgIpc) is 2.92. The Morgan fingerprint density at radius 1 is 0.902 bits per heavy atom. The van der Waals surface area contributed by atoms with Crippen molar-refractivity contribution in [3.05, 3.63) is 118 Å². The Hall–Kier alpha value is -4.35. The second-order valence-corrected chi connectivity index (χ2v) is 9.24. The maximum absolute atomic E-state index is 13.7. The molecule has 12 heteroatoms. The molecule has 0 saturated heterocycles. The van der Waals surface area contributed by atoms with Gasteiger partial charge in [-0.1, -0.05) is 36.4 Å². The molecule has 0 amide bonds. The monoisotopic (exact) mass is 579 g/mol. The smallest absolute Gasteiger partial charge is 0.416 e. The molecule has 1 unspecified atom stereocenters. The fourth-order valence-electron chi connectivity index (χ4n) is 4.44. The normalized spacial score (nSPS) is 17.0. The zero-order valence-corrected chi connectivity index (χ0v) is 21.8. The van der Waals surface area contributed by atoms with E-state index in [1.807, 2.05) is 0 Å². The fourth-order valence-corrected chi connectivity index (χ4v) is 4.44. The van der Waals surface area contributed by atoms with Crippen LogP contribution in [0.1, 0.15) is 40.8 Å². The molecule has 0 fully saturated rings. The minimum absolute atomic E-state index is 0.0827. The van der Waals surface area contributed by atoms with E-state index in [4.69, 9.17) is 4.74 Å². The van der Waals surface area contributed by atoms with Crippen LogP contribution in [0.25, 0.3) is 0 Å². The van der Waals surface area contributed by atoms with Gasteiger partial charge in [0.15, 0.2) is 5.96 Å². The van der Waals surface area contributed by atoms with Crippen LogP contribution in [-0.2, 0) is 35.0 Å². The maximum atomic E-state index is 13.7. The van der Waals surface area contributed by atoms with Crippen LogP contribution in [0.3, 0.4) is 0 Å². The van der Waals surface area contributed by atoms with Gasteiger partial charge in [0, 0.05) is 5.70 Å². The van der Waals surface area contributed by atoms with Crippen molar-refractivity contribution in [3.63, 3.8) is 0 Å². The van der Waals surface area contributed by atoms with E-state index in [2.05, 4.69) is 10.3 Å². The summed E-state index contributed by atoms with van der Waals surface area (Å²) in [6.07, 6.45) is -9.16. The number of hydrogen-bond acceptors (Lipinski definition) is 3. The zero-order valence-electron chi connectivity index (χ0n) is 21.8. The second kappa shape index (κ2) is 11.6. The molecule has 0 aromatic heterocycles. The molecular formula is C29H24F7N3O2. The number of ether oxygens (including phenoxy) is 1. The van der Waals surface area contributed by atoms with Crippen LogP contribution in [-0.4, -0.2) is 23.9 Å². The summed E-state index contributed by atoms with van der Waals surface area (Å²) in [5, 5.41) is 3.07. The van der Waals surface area contributed by atoms with Gasteiger partial charge in [-0.25, -0.2) is 14.2 Å². The number of nitrogens with zero attached hydrogens (tertiary/aromatic N) is 2. The number of carbonyl (C=O) groups is 1. The van der Waals surface area contributed by atoms with Gasteiger partial charge in [-0.15, -0.1) is 0 Å². The number of nitrogens with one attached hydrogen (secondary N) is 1. The average molecular weight is 580 g/mol. The van der Waals surface area contributed by atoms with Crippen molar-refractivity contribution < 1.29 is 40.3 Å². The lowest BCUT2D eigenvalue weighted by molar-refractivity contribution is -0.138. The van der Waals surface area contributed by atoms with Crippen molar-refractivity contribution in [1.29, 1.82) is 0 Å². The van der Waals surface area contributed by atoms with Crippen molar-refractivity contribution in [2.45, 2.75) is 38.4 Å². The quantitative estimate of drug-likeness (QED) is 0.252. The summed E-state index contributed by atoms with van der Waals surface area (Å²) in [6.45, 7) is 1.17. The molecule has 3 aromatic rings. The lowest BCUT2D eigenvalue weighted by atomic mass is 9.94. The topological polar surface area (TPSA) is 53.9 Å². The summed E-state index contributed by atoms with van der Waals surface area (Å²) in [7, 11) is 1.17. The predicted octanol–water partition coefficient (Wildman–Crippen LogP) is 7.01. The Morgan fingerprint density at radius 2 is 1.46 bits per heavy atom. The van der Waals surface area contributed by atoms with Crippen molar-refractivity contribution in [3.8, 4) is 0 Å². The molecule has 0 radical (unpaired) electrons. The largest absolute Gasteiger partial charge is 0.466 e. The second-order valence-electron chi connectivity index (χ2n) is 9.24. The van der Waals surface area contributed by atoms with Gasteiger partial charge in [-0.2, -0.15) is 26.3 Å². The molecule has 1 aliphatic heterocycles. The maximum Gasteiger partial charge on any atom is 0.416 e. The van der Waals surface area contributed by atoms with E-state index in [1.54, 1.807) is 6.92 Å². The van der Waals surface area contributed by atoms with E-state index in [1.165, 1.54) is 60.5 Å². The summed E-state index contributed by atoms with van der Waals surface area (Å²) in [5.74, 6) is -1.18. The summed E-state index contributed by atoms with van der Waals surface area (Å²) >= 11 is 0. The van der Waals surface area contributed by atoms with Gasteiger partial charge in [-0.05, 0) is 60.0 Å². The SMILES string of the molecule is COC(=O)C1=C(C)N(Cc2cccc(C(F)(F)F)c2)C(=NCc2cccc(C(F)(F)F)c2)NC1c1ccc(F)cc1. The molecule has 41 heavy (non-hydrogen) atoms. The first-order valence-electron chi connectivity index (χ1n) is 12.2. The van der Waals surface area contributed by atoms with Gasteiger partial charge in [0.1, 0.15) is 5.82 Å².